The van der Waals surface area contributed by atoms with Gasteiger partial charge in [0, 0.05) is 7.05 Å². The van der Waals surface area contributed by atoms with Gasteiger partial charge in [0.1, 0.15) is 6.04 Å². The Balaban J connectivity index is 2.25. The van der Waals surface area contributed by atoms with Crippen LogP contribution in [0.25, 0.3) is 5.69 Å². The van der Waals surface area contributed by atoms with E-state index < -0.39 is 11.9 Å². The highest BCUT2D eigenvalue weighted by atomic mass is 16.5. The second-order valence-electron chi connectivity index (χ2n) is 6.10. The largest absolute Gasteiger partial charge is 0.493 e. The number of aromatic nitrogens is 2. The third kappa shape index (κ3) is 4.59. The third-order valence-electron chi connectivity index (χ3n) is 3.71. The summed E-state index contributed by atoms with van der Waals surface area (Å²) in [5.74, 6) is -0.0720. The van der Waals surface area contributed by atoms with E-state index in [-0.39, 0.29) is 17.5 Å². The van der Waals surface area contributed by atoms with Gasteiger partial charge in [-0.1, -0.05) is 32.0 Å². The predicted molar refractivity (Wildman–Crippen MR) is 94.9 cm³/mol. The summed E-state index contributed by atoms with van der Waals surface area (Å²) < 4.78 is 6.85. The second-order valence-corrected chi connectivity index (χ2v) is 6.10. The number of carbonyl (C=O) groups excluding carboxylic acids is 2. The molecule has 0 spiro atoms. The maximum absolute atomic E-state index is 12.6. The molecule has 1 aromatic carbocycles. The van der Waals surface area contributed by atoms with Crippen LogP contribution in [0.3, 0.4) is 0 Å². The zero-order valence-electron chi connectivity index (χ0n) is 14.9. The molecule has 7 heteroatoms. The van der Waals surface area contributed by atoms with Gasteiger partial charge in [0.15, 0.2) is 11.4 Å². The van der Waals surface area contributed by atoms with Crippen LogP contribution in [0.2, 0.25) is 0 Å². The van der Waals surface area contributed by atoms with Gasteiger partial charge in [0.05, 0.1) is 19.0 Å². The smallest absolute Gasteiger partial charge is 0.276 e. The van der Waals surface area contributed by atoms with Crippen molar-refractivity contribution in [3.8, 4) is 11.4 Å². The zero-order valence-corrected chi connectivity index (χ0v) is 14.9. The molecular weight excluding hydrogens is 320 g/mol. The number of hydrogen-bond acceptors (Lipinski definition) is 4. The number of amides is 2. The van der Waals surface area contributed by atoms with Gasteiger partial charge < -0.3 is 15.4 Å². The molecule has 2 aromatic rings. The van der Waals surface area contributed by atoms with Crippen molar-refractivity contribution in [2.45, 2.75) is 26.3 Å². The lowest BCUT2D eigenvalue weighted by Crippen LogP contribution is -2.46. The highest BCUT2D eigenvalue weighted by Crippen LogP contribution is 2.20. The molecule has 2 rings (SSSR count). The number of hydrogen-bond donors (Lipinski definition) is 2. The van der Waals surface area contributed by atoms with Crippen LogP contribution in [-0.2, 0) is 4.79 Å². The van der Waals surface area contributed by atoms with Crippen molar-refractivity contribution in [2.24, 2.45) is 5.92 Å². The topological polar surface area (TPSA) is 85.3 Å². The van der Waals surface area contributed by atoms with Crippen molar-refractivity contribution >= 4 is 11.8 Å². The van der Waals surface area contributed by atoms with Crippen LogP contribution in [0, 0.1) is 5.92 Å². The summed E-state index contributed by atoms with van der Waals surface area (Å²) in [6, 6.07) is 8.79. The van der Waals surface area contributed by atoms with E-state index in [1.54, 1.807) is 17.9 Å². The second kappa shape index (κ2) is 8.32. The molecule has 0 saturated carbocycles. The molecule has 0 aliphatic rings. The average Bonchev–Trinajstić information content (AvgIpc) is 3.05. The molecule has 134 valence electrons. The molecule has 0 aliphatic carbocycles. The summed E-state index contributed by atoms with van der Waals surface area (Å²) in [4.78, 5) is 24.6. The van der Waals surface area contributed by atoms with E-state index >= 15 is 0 Å². The van der Waals surface area contributed by atoms with Gasteiger partial charge in [-0.15, -0.1) is 0 Å². The Morgan fingerprint density at radius 3 is 2.48 bits per heavy atom. The highest BCUT2D eigenvalue weighted by molar-refractivity contribution is 5.98. The van der Waals surface area contributed by atoms with E-state index in [0.717, 1.165) is 5.69 Å². The van der Waals surface area contributed by atoms with E-state index in [1.165, 1.54) is 7.11 Å². The summed E-state index contributed by atoms with van der Waals surface area (Å²) >= 11 is 0. The van der Waals surface area contributed by atoms with Gasteiger partial charge in [-0.05, 0) is 24.5 Å². The number of benzene rings is 1. The fraction of sp³-hybridized carbons (Fsp3) is 0.389. The van der Waals surface area contributed by atoms with Crippen molar-refractivity contribution in [1.82, 2.24) is 20.4 Å². The van der Waals surface area contributed by atoms with Gasteiger partial charge in [0.25, 0.3) is 5.91 Å². The monoisotopic (exact) mass is 344 g/mol. The van der Waals surface area contributed by atoms with E-state index in [9.17, 15) is 9.59 Å². The molecule has 0 saturated heterocycles. The van der Waals surface area contributed by atoms with E-state index in [0.29, 0.717) is 12.2 Å². The lowest BCUT2D eigenvalue weighted by Gasteiger charge is -2.18. The Kier molecular flexibility index (Phi) is 6.16. The van der Waals surface area contributed by atoms with Crippen molar-refractivity contribution in [3.05, 3.63) is 42.2 Å². The summed E-state index contributed by atoms with van der Waals surface area (Å²) in [5.41, 5.74) is 0.953. The molecule has 25 heavy (non-hydrogen) atoms. The zero-order chi connectivity index (χ0) is 18.4. The Labute approximate surface area is 147 Å². The SMILES string of the molecule is CNC(=O)C(CC(C)C)NC(=O)c1nn(-c2ccccc2)cc1OC. The summed E-state index contributed by atoms with van der Waals surface area (Å²) in [6.07, 6.45) is 2.18. The Morgan fingerprint density at radius 1 is 1.24 bits per heavy atom. The van der Waals surface area contributed by atoms with Crippen molar-refractivity contribution < 1.29 is 14.3 Å². The van der Waals surface area contributed by atoms with Crippen LogP contribution < -0.4 is 15.4 Å². The first-order valence-electron chi connectivity index (χ1n) is 8.17. The lowest BCUT2D eigenvalue weighted by atomic mass is 10.0. The van der Waals surface area contributed by atoms with Crippen LogP contribution in [0.5, 0.6) is 5.75 Å². The van der Waals surface area contributed by atoms with Crippen molar-refractivity contribution in [3.63, 3.8) is 0 Å². The molecule has 1 heterocycles. The van der Waals surface area contributed by atoms with Crippen molar-refractivity contribution in [2.75, 3.05) is 14.2 Å². The lowest BCUT2D eigenvalue weighted by molar-refractivity contribution is -0.122. The molecule has 0 aliphatic heterocycles. The molecule has 0 fully saturated rings. The third-order valence-corrected chi connectivity index (χ3v) is 3.71. The number of carbonyl (C=O) groups is 2. The maximum Gasteiger partial charge on any atom is 0.276 e. The van der Waals surface area contributed by atoms with Crippen molar-refractivity contribution in [1.29, 1.82) is 0 Å². The summed E-state index contributed by atoms with van der Waals surface area (Å²) in [6.45, 7) is 3.99. The Morgan fingerprint density at radius 2 is 1.92 bits per heavy atom. The van der Waals surface area contributed by atoms with E-state index in [2.05, 4.69) is 15.7 Å². The number of methoxy groups -OCH3 is 1. The normalized spacial score (nSPS) is 11.9. The molecule has 2 N–H and O–H groups in total. The quantitative estimate of drug-likeness (QED) is 0.802. The summed E-state index contributed by atoms with van der Waals surface area (Å²) in [5, 5.41) is 9.64. The average molecular weight is 344 g/mol. The van der Waals surface area contributed by atoms with Crippen LogP contribution >= 0.6 is 0 Å². The standard InChI is InChI=1S/C18H24N4O3/c1-12(2)10-14(17(23)19-3)20-18(24)16-15(25-4)11-22(21-16)13-8-6-5-7-9-13/h5-9,11-12,14H,10H2,1-4H3,(H,19,23)(H,20,24). The minimum Gasteiger partial charge on any atom is -0.493 e. The fourth-order valence-corrected chi connectivity index (χ4v) is 2.48. The number of nitrogens with zero attached hydrogens (tertiary/aromatic N) is 2. The maximum atomic E-state index is 12.6. The minimum atomic E-state index is -0.621. The molecule has 0 bridgehead atoms. The molecule has 2 amide bonds. The Hall–Kier alpha value is -2.83. The van der Waals surface area contributed by atoms with Crippen LogP contribution in [0.15, 0.2) is 36.5 Å². The fourth-order valence-electron chi connectivity index (χ4n) is 2.48. The van der Waals surface area contributed by atoms with Gasteiger partial charge in [-0.3, -0.25) is 9.59 Å². The van der Waals surface area contributed by atoms with Gasteiger partial charge >= 0.3 is 0 Å². The molecule has 1 unspecified atom stereocenters. The molecule has 7 nitrogen and oxygen atoms in total. The van der Waals surface area contributed by atoms with E-state index in [1.807, 2.05) is 44.2 Å². The van der Waals surface area contributed by atoms with Gasteiger partial charge in [-0.2, -0.15) is 5.10 Å². The van der Waals surface area contributed by atoms with Gasteiger partial charge in [0.2, 0.25) is 5.91 Å². The minimum absolute atomic E-state index is 0.143. The summed E-state index contributed by atoms with van der Waals surface area (Å²) in [7, 11) is 3.03. The number of rotatable bonds is 7. The Bertz CT molecular complexity index is 725. The van der Waals surface area contributed by atoms with Crippen LogP contribution in [0.1, 0.15) is 30.8 Å². The molecule has 1 atom stereocenters. The molecular formula is C18H24N4O3. The first-order valence-corrected chi connectivity index (χ1v) is 8.17. The van der Waals surface area contributed by atoms with Crippen LogP contribution in [0.4, 0.5) is 0 Å². The first kappa shape index (κ1) is 18.5. The number of nitrogens with one attached hydrogen (secondary N) is 2. The number of para-hydroxylation sites is 1. The number of likely N-dealkylation sites (N-methyl/N-ethyl adjacent to an activating group) is 1. The van der Waals surface area contributed by atoms with Gasteiger partial charge in [-0.25, -0.2) is 4.68 Å². The number of ether oxygens (including phenoxy) is 1. The first-order chi connectivity index (χ1) is 12.0. The van der Waals surface area contributed by atoms with E-state index in [4.69, 9.17) is 4.74 Å². The predicted octanol–water partition coefficient (Wildman–Crippen LogP) is 1.77. The molecule has 0 radical (unpaired) electrons. The highest BCUT2D eigenvalue weighted by Gasteiger charge is 2.25. The molecule has 1 aromatic heterocycles. The van der Waals surface area contributed by atoms with Crippen LogP contribution in [-0.4, -0.2) is 41.8 Å².